The highest BCUT2D eigenvalue weighted by Crippen LogP contribution is 2.28. The van der Waals surface area contributed by atoms with Crippen LogP contribution in [0.15, 0.2) is 72.8 Å². The zero-order valence-electron chi connectivity index (χ0n) is 22.3. The van der Waals surface area contributed by atoms with Gasteiger partial charge in [0.1, 0.15) is 5.75 Å². The molecule has 0 spiro atoms. The Morgan fingerprint density at radius 3 is 2.25 bits per heavy atom. The summed E-state index contributed by atoms with van der Waals surface area (Å²) >= 11 is 0. The summed E-state index contributed by atoms with van der Waals surface area (Å²) in [4.78, 5) is 22.8. The number of hydrogen-bond donors (Lipinski definition) is 3. The van der Waals surface area contributed by atoms with Crippen LogP contribution < -0.4 is 15.4 Å². The maximum atomic E-state index is 12.6. The summed E-state index contributed by atoms with van der Waals surface area (Å²) in [5.74, 6) is -1.23. The number of anilines is 1. The second kappa shape index (κ2) is 14.4. The number of amides is 1. The van der Waals surface area contributed by atoms with Crippen LogP contribution in [0.5, 0.6) is 5.75 Å². The molecule has 214 valence electrons. The van der Waals surface area contributed by atoms with Gasteiger partial charge in [-0.05, 0) is 65.4 Å². The number of hydrogen-bond acceptors (Lipinski definition) is 5. The van der Waals surface area contributed by atoms with Gasteiger partial charge in [-0.1, -0.05) is 50.2 Å². The Morgan fingerprint density at radius 2 is 1.62 bits per heavy atom. The number of alkyl halides is 3. The van der Waals surface area contributed by atoms with Gasteiger partial charge in [-0.2, -0.15) is 0 Å². The Hall–Kier alpha value is -4.05. The van der Waals surface area contributed by atoms with Crippen LogP contribution in [0.4, 0.5) is 18.9 Å². The molecule has 0 saturated heterocycles. The minimum Gasteiger partial charge on any atom is -0.481 e. The number of rotatable bonds is 14. The SMILES string of the molecule is CC(C)COC[C@H](Cc1ccc(-c2cccc(OC(F)(F)F)c2)cc1)Nc1ccc(C(=O)NCCC(=O)O)cc1. The van der Waals surface area contributed by atoms with Crippen LogP contribution in [0.3, 0.4) is 0 Å². The molecule has 1 amide bonds. The van der Waals surface area contributed by atoms with Crippen molar-refractivity contribution < 1.29 is 37.3 Å². The monoisotopic (exact) mass is 558 g/mol. The predicted octanol–water partition coefficient (Wildman–Crippen LogP) is 6.15. The first-order valence-electron chi connectivity index (χ1n) is 12.9. The van der Waals surface area contributed by atoms with E-state index in [9.17, 15) is 22.8 Å². The Morgan fingerprint density at radius 1 is 0.925 bits per heavy atom. The fourth-order valence-corrected chi connectivity index (χ4v) is 3.93. The highest BCUT2D eigenvalue weighted by molar-refractivity contribution is 5.94. The second-order valence-corrected chi connectivity index (χ2v) is 9.73. The highest BCUT2D eigenvalue weighted by Gasteiger charge is 2.31. The van der Waals surface area contributed by atoms with Gasteiger partial charge in [0.05, 0.1) is 19.1 Å². The number of ether oxygens (including phenoxy) is 2. The smallest absolute Gasteiger partial charge is 0.481 e. The van der Waals surface area contributed by atoms with Crippen LogP contribution in [-0.4, -0.2) is 49.1 Å². The van der Waals surface area contributed by atoms with E-state index in [0.717, 1.165) is 16.8 Å². The normalized spacial score (nSPS) is 12.2. The van der Waals surface area contributed by atoms with Gasteiger partial charge in [0.2, 0.25) is 0 Å². The van der Waals surface area contributed by atoms with Crippen LogP contribution >= 0.6 is 0 Å². The number of carbonyl (C=O) groups excluding carboxylic acids is 1. The van der Waals surface area contributed by atoms with Gasteiger partial charge < -0.3 is 25.2 Å². The van der Waals surface area contributed by atoms with Gasteiger partial charge >= 0.3 is 12.3 Å². The third kappa shape index (κ3) is 10.6. The lowest BCUT2D eigenvalue weighted by Gasteiger charge is -2.21. The fourth-order valence-electron chi connectivity index (χ4n) is 3.93. The summed E-state index contributed by atoms with van der Waals surface area (Å²) in [6.45, 7) is 5.22. The van der Waals surface area contributed by atoms with E-state index in [0.29, 0.717) is 36.7 Å². The maximum Gasteiger partial charge on any atom is 0.573 e. The number of carbonyl (C=O) groups is 2. The lowest BCUT2D eigenvalue weighted by molar-refractivity contribution is -0.274. The molecular weight excluding hydrogens is 525 g/mol. The average molecular weight is 559 g/mol. The fraction of sp³-hybridized carbons (Fsp3) is 0.333. The molecule has 3 rings (SSSR count). The molecule has 0 heterocycles. The van der Waals surface area contributed by atoms with Gasteiger partial charge in [0, 0.05) is 24.4 Å². The molecule has 40 heavy (non-hydrogen) atoms. The van der Waals surface area contributed by atoms with Crippen LogP contribution in [0.1, 0.15) is 36.2 Å². The zero-order valence-corrected chi connectivity index (χ0v) is 22.3. The summed E-state index contributed by atoms with van der Waals surface area (Å²) in [5.41, 5.74) is 3.58. The minimum atomic E-state index is -4.75. The molecular formula is C30H33F3N2O5. The molecule has 0 aliphatic carbocycles. The highest BCUT2D eigenvalue weighted by atomic mass is 19.4. The van der Waals surface area contributed by atoms with Gasteiger partial charge in [-0.15, -0.1) is 13.2 Å². The molecule has 0 aliphatic heterocycles. The molecule has 0 bridgehead atoms. The van der Waals surface area contributed by atoms with E-state index in [2.05, 4.69) is 29.2 Å². The van der Waals surface area contributed by atoms with Crippen molar-refractivity contribution in [2.24, 2.45) is 5.92 Å². The lowest BCUT2D eigenvalue weighted by Crippen LogP contribution is -2.29. The first kappa shape index (κ1) is 30.5. The third-order valence-corrected chi connectivity index (χ3v) is 5.75. The lowest BCUT2D eigenvalue weighted by atomic mass is 10.0. The Kier molecular flexibility index (Phi) is 11.0. The van der Waals surface area contributed by atoms with Gasteiger partial charge in [0.25, 0.3) is 5.91 Å². The molecule has 0 aromatic heterocycles. The predicted molar refractivity (Wildman–Crippen MR) is 146 cm³/mol. The van der Waals surface area contributed by atoms with Crippen molar-refractivity contribution in [1.29, 1.82) is 0 Å². The number of carboxylic acids is 1. The van der Waals surface area contributed by atoms with E-state index < -0.39 is 12.3 Å². The number of aliphatic carboxylic acids is 1. The van der Waals surface area contributed by atoms with Crippen LogP contribution in [-0.2, 0) is 16.0 Å². The van der Waals surface area contributed by atoms with Crippen molar-refractivity contribution in [3.8, 4) is 16.9 Å². The minimum absolute atomic E-state index is 0.0506. The molecule has 1 atom stereocenters. The zero-order chi connectivity index (χ0) is 29.1. The number of nitrogens with one attached hydrogen (secondary N) is 2. The summed E-state index contributed by atoms with van der Waals surface area (Å²) in [6, 6.07) is 20.2. The third-order valence-electron chi connectivity index (χ3n) is 5.75. The molecule has 0 aliphatic rings. The van der Waals surface area contributed by atoms with Crippen LogP contribution in [0, 0.1) is 5.92 Å². The van der Waals surface area contributed by atoms with Crippen molar-refractivity contribution in [2.75, 3.05) is 25.1 Å². The molecule has 3 aromatic rings. The van der Waals surface area contributed by atoms with Crippen molar-refractivity contribution in [3.05, 3.63) is 83.9 Å². The Labute approximate surface area is 231 Å². The van der Waals surface area contributed by atoms with Gasteiger partial charge in [-0.25, -0.2) is 0 Å². The van der Waals surface area contributed by atoms with Gasteiger partial charge in [-0.3, -0.25) is 9.59 Å². The number of benzene rings is 3. The van der Waals surface area contributed by atoms with Gasteiger partial charge in [0.15, 0.2) is 0 Å². The van der Waals surface area contributed by atoms with Crippen molar-refractivity contribution in [2.45, 2.75) is 39.1 Å². The molecule has 0 unspecified atom stereocenters. The summed E-state index contributed by atoms with van der Waals surface area (Å²) in [6.07, 6.45) is -4.28. The van der Waals surface area contributed by atoms with Crippen molar-refractivity contribution >= 4 is 17.6 Å². The number of carboxylic acid groups (broad SMARTS) is 1. The first-order valence-corrected chi connectivity index (χ1v) is 12.9. The van der Waals surface area contributed by atoms with Crippen molar-refractivity contribution in [3.63, 3.8) is 0 Å². The van der Waals surface area contributed by atoms with E-state index in [1.54, 1.807) is 30.3 Å². The van der Waals surface area contributed by atoms with E-state index in [1.807, 2.05) is 24.3 Å². The summed E-state index contributed by atoms with van der Waals surface area (Å²) in [7, 11) is 0. The van der Waals surface area contributed by atoms with Crippen LogP contribution in [0.25, 0.3) is 11.1 Å². The Balaban J connectivity index is 1.66. The topological polar surface area (TPSA) is 96.9 Å². The molecule has 10 heteroatoms. The van der Waals surface area contributed by atoms with E-state index in [-0.39, 0.29) is 30.7 Å². The largest absolute Gasteiger partial charge is 0.573 e. The molecule has 0 saturated carbocycles. The molecule has 0 fully saturated rings. The summed E-state index contributed by atoms with van der Waals surface area (Å²) < 4.78 is 47.7. The standard InChI is InChI=1S/C30H33F3N2O5/c1-20(2)18-39-19-26(35-25-12-10-23(11-13-25)29(38)34-15-14-28(36)37)16-21-6-8-22(9-7-21)24-4-3-5-27(17-24)40-30(31,32)33/h3-13,17,20,26,35H,14-16,18-19H2,1-2H3,(H,34,38)(H,36,37)/t26-/m0/s1. The second-order valence-electron chi connectivity index (χ2n) is 9.73. The molecule has 3 aromatic carbocycles. The van der Waals surface area contributed by atoms with E-state index >= 15 is 0 Å². The average Bonchev–Trinajstić information content (AvgIpc) is 2.88. The van der Waals surface area contributed by atoms with Crippen molar-refractivity contribution in [1.82, 2.24) is 5.32 Å². The van der Waals surface area contributed by atoms with E-state index in [1.165, 1.54) is 18.2 Å². The molecule has 0 radical (unpaired) electrons. The summed E-state index contributed by atoms with van der Waals surface area (Å²) in [5, 5.41) is 14.7. The molecule has 7 nitrogen and oxygen atoms in total. The first-order chi connectivity index (χ1) is 19.0. The molecule has 3 N–H and O–H groups in total. The van der Waals surface area contributed by atoms with Crippen LogP contribution in [0.2, 0.25) is 0 Å². The Bertz CT molecular complexity index is 1250. The number of halogens is 3. The maximum absolute atomic E-state index is 12.6. The van der Waals surface area contributed by atoms with E-state index in [4.69, 9.17) is 9.84 Å². The quantitative estimate of drug-likeness (QED) is 0.220.